The summed E-state index contributed by atoms with van der Waals surface area (Å²) in [6.45, 7) is 3.08. The number of carbonyl (C=O) groups excluding carboxylic acids is 3. The van der Waals surface area contributed by atoms with Crippen LogP contribution in [0.3, 0.4) is 0 Å². The first-order valence-electron chi connectivity index (χ1n) is 11.3. The molecule has 2 N–H and O–H groups in total. The standard InChI is InChI=1S/C25H30N4O3/c30-23(26-21-12-14-28(15-13-21)18-20-9-5-2-6-10-20)17-22-24(31)29(25(32)27-22)16-11-19-7-3-1-4-8-19/h1-10,21-22H,11-18H2,(H,26,30)(H,27,32)/t22-/m0/s1. The Morgan fingerprint density at radius 2 is 1.56 bits per heavy atom. The molecule has 0 radical (unpaired) electrons. The van der Waals surface area contributed by atoms with Crippen molar-refractivity contribution in [1.82, 2.24) is 20.4 Å². The van der Waals surface area contributed by atoms with Gasteiger partial charge in [0, 0.05) is 32.2 Å². The normalized spacial score (nSPS) is 19.8. The van der Waals surface area contributed by atoms with Gasteiger partial charge in [0.25, 0.3) is 5.91 Å². The van der Waals surface area contributed by atoms with E-state index in [9.17, 15) is 14.4 Å². The van der Waals surface area contributed by atoms with Gasteiger partial charge in [-0.15, -0.1) is 0 Å². The molecule has 1 atom stereocenters. The minimum absolute atomic E-state index is 0.0172. The molecule has 0 aromatic heterocycles. The van der Waals surface area contributed by atoms with Gasteiger partial charge in [0.05, 0.1) is 6.42 Å². The minimum atomic E-state index is -0.781. The third kappa shape index (κ3) is 5.73. The number of carbonyl (C=O) groups is 3. The summed E-state index contributed by atoms with van der Waals surface area (Å²) in [5.41, 5.74) is 2.36. The van der Waals surface area contributed by atoms with E-state index in [1.165, 1.54) is 10.5 Å². The lowest BCUT2D eigenvalue weighted by molar-refractivity contribution is -0.131. The van der Waals surface area contributed by atoms with Gasteiger partial charge < -0.3 is 10.6 Å². The summed E-state index contributed by atoms with van der Waals surface area (Å²) in [5, 5.41) is 5.71. The molecule has 0 unspecified atom stereocenters. The third-order valence-electron chi connectivity index (χ3n) is 6.17. The fraction of sp³-hybridized carbons (Fsp3) is 0.400. The van der Waals surface area contributed by atoms with Crippen LogP contribution >= 0.6 is 0 Å². The molecule has 0 aliphatic carbocycles. The predicted octanol–water partition coefficient (Wildman–Crippen LogP) is 2.32. The molecule has 2 fully saturated rings. The number of benzene rings is 2. The largest absolute Gasteiger partial charge is 0.353 e. The summed E-state index contributed by atoms with van der Waals surface area (Å²) >= 11 is 0. The SMILES string of the molecule is O=C(C[C@@H]1NC(=O)N(CCc2ccccc2)C1=O)NC1CCN(Cc2ccccc2)CC1. The van der Waals surface area contributed by atoms with Crippen molar-refractivity contribution >= 4 is 17.8 Å². The van der Waals surface area contributed by atoms with Gasteiger partial charge in [0.2, 0.25) is 5.91 Å². The van der Waals surface area contributed by atoms with Crippen LogP contribution in [0, 0.1) is 0 Å². The van der Waals surface area contributed by atoms with Gasteiger partial charge in [-0.2, -0.15) is 0 Å². The van der Waals surface area contributed by atoms with Crippen molar-refractivity contribution in [3.63, 3.8) is 0 Å². The molecule has 0 saturated carbocycles. The lowest BCUT2D eigenvalue weighted by Gasteiger charge is -2.32. The molecule has 2 heterocycles. The number of imide groups is 1. The van der Waals surface area contributed by atoms with E-state index in [0.717, 1.165) is 38.0 Å². The van der Waals surface area contributed by atoms with Crippen molar-refractivity contribution in [2.75, 3.05) is 19.6 Å². The van der Waals surface area contributed by atoms with Crippen LogP contribution in [0.15, 0.2) is 60.7 Å². The molecule has 0 spiro atoms. The van der Waals surface area contributed by atoms with E-state index in [0.29, 0.717) is 13.0 Å². The van der Waals surface area contributed by atoms with Gasteiger partial charge in [-0.3, -0.25) is 19.4 Å². The fourth-order valence-corrected chi connectivity index (χ4v) is 4.36. The summed E-state index contributed by atoms with van der Waals surface area (Å²) in [6, 6.07) is 19.0. The van der Waals surface area contributed by atoms with Crippen LogP contribution in [0.5, 0.6) is 0 Å². The molecular weight excluding hydrogens is 404 g/mol. The van der Waals surface area contributed by atoms with Crippen molar-refractivity contribution in [2.45, 2.75) is 44.3 Å². The van der Waals surface area contributed by atoms with E-state index >= 15 is 0 Å². The summed E-state index contributed by atoms with van der Waals surface area (Å²) in [6.07, 6.45) is 2.34. The Morgan fingerprint density at radius 3 is 2.22 bits per heavy atom. The van der Waals surface area contributed by atoms with Crippen LogP contribution < -0.4 is 10.6 Å². The highest BCUT2D eigenvalue weighted by Crippen LogP contribution is 2.15. The monoisotopic (exact) mass is 434 g/mol. The van der Waals surface area contributed by atoms with E-state index in [-0.39, 0.29) is 24.3 Å². The molecule has 2 aliphatic rings. The van der Waals surface area contributed by atoms with Crippen molar-refractivity contribution in [3.8, 4) is 0 Å². The van der Waals surface area contributed by atoms with Crippen molar-refractivity contribution in [2.24, 2.45) is 0 Å². The maximum absolute atomic E-state index is 12.6. The molecule has 0 bridgehead atoms. The molecule has 2 aliphatic heterocycles. The fourth-order valence-electron chi connectivity index (χ4n) is 4.36. The lowest BCUT2D eigenvalue weighted by atomic mass is 10.0. The molecule has 168 valence electrons. The second-order valence-electron chi connectivity index (χ2n) is 8.54. The number of hydrogen-bond donors (Lipinski definition) is 2. The summed E-state index contributed by atoms with van der Waals surface area (Å²) < 4.78 is 0. The van der Waals surface area contributed by atoms with E-state index in [1.54, 1.807) is 0 Å². The Kier molecular flexibility index (Phi) is 7.17. The number of nitrogens with one attached hydrogen (secondary N) is 2. The first kappa shape index (κ1) is 22.0. The quantitative estimate of drug-likeness (QED) is 0.625. The zero-order chi connectivity index (χ0) is 22.3. The van der Waals surface area contributed by atoms with Gasteiger partial charge in [0.15, 0.2) is 0 Å². The highest BCUT2D eigenvalue weighted by molar-refractivity contribution is 6.05. The number of likely N-dealkylation sites (tertiary alicyclic amines) is 1. The summed E-state index contributed by atoms with van der Waals surface area (Å²) in [4.78, 5) is 41.0. The maximum Gasteiger partial charge on any atom is 0.324 e. The van der Waals surface area contributed by atoms with Crippen LogP contribution in [0.2, 0.25) is 0 Å². The highest BCUT2D eigenvalue weighted by atomic mass is 16.2. The van der Waals surface area contributed by atoms with Gasteiger partial charge >= 0.3 is 6.03 Å². The van der Waals surface area contributed by atoms with E-state index in [4.69, 9.17) is 0 Å². The maximum atomic E-state index is 12.6. The average Bonchev–Trinajstić information content (AvgIpc) is 3.07. The molecule has 7 heteroatoms. The smallest absolute Gasteiger partial charge is 0.324 e. The molecule has 2 saturated heterocycles. The van der Waals surface area contributed by atoms with Crippen LogP contribution in [0.4, 0.5) is 4.79 Å². The number of amides is 4. The van der Waals surface area contributed by atoms with Crippen molar-refractivity contribution in [1.29, 1.82) is 0 Å². The van der Waals surface area contributed by atoms with Crippen LogP contribution in [0.1, 0.15) is 30.4 Å². The van der Waals surface area contributed by atoms with Crippen LogP contribution in [-0.2, 0) is 22.6 Å². The zero-order valence-electron chi connectivity index (χ0n) is 18.2. The second-order valence-corrected chi connectivity index (χ2v) is 8.54. The lowest BCUT2D eigenvalue weighted by Crippen LogP contribution is -2.46. The second kappa shape index (κ2) is 10.4. The number of hydrogen-bond acceptors (Lipinski definition) is 4. The Bertz CT molecular complexity index is 927. The Morgan fingerprint density at radius 1 is 0.938 bits per heavy atom. The third-order valence-corrected chi connectivity index (χ3v) is 6.17. The molecule has 2 aromatic rings. The molecule has 32 heavy (non-hydrogen) atoms. The van der Waals surface area contributed by atoms with E-state index in [2.05, 4.69) is 27.7 Å². The van der Waals surface area contributed by atoms with Gasteiger partial charge in [-0.25, -0.2) is 4.79 Å². The number of urea groups is 1. The number of rotatable bonds is 8. The molecule has 7 nitrogen and oxygen atoms in total. The zero-order valence-corrected chi connectivity index (χ0v) is 18.2. The molecule has 4 rings (SSSR count). The van der Waals surface area contributed by atoms with Crippen molar-refractivity contribution in [3.05, 3.63) is 71.8 Å². The summed E-state index contributed by atoms with van der Waals surface area (Å²) in [5.74, 6) is -0.506. The minimum Gasteiger partial charge on any atom is -0.353 e. The molecular formula is C25H30N4O3. The van der Waals surface area contributed by atoms with Gasteiger partial charge in [0.1, 0.15) is 6.04 Å². The van der Waals surface area contributed by atoms with Gasteiger partial charge in [-0.05, 0) is 30.4 Å². The Labute approximate surface area is 188 Å². The van der Waals surface area contributed by atoms with Crippen LogP contribution in [-0.4, -0.2) is 59.4 Å². The van der Waals surface area contributed by atoms with E-state index < -0.39 is 12.1 Å². The van der Waals surface area contributed by atoms with Crippen LogP contribution in [0.25, 0.3) is 0 Å². The van der Waals surface area contributed by atoms with Gasteiger partial charge in [-0.1, -0.05) is 60.7 Å². The topological polar surface area (TPSA) is 81.8 Å². The van der Waals surface area contributed by atoms with Crippen molar-refractivity contribution < 1.29 is 14.4 Å². The Balaban J connectivity index is 1.20. The predicted molar refractivity (Wildman–Crippen MR) is 122 cm³/mol. The molecule has 2 aromatic carbocycles. The first-order valence-corrected chi connectivity index (χ1v) is 11.3. The average molecular weight is 435 g/mol. The highest BCUT2D eigenvalue weighted by Gasteiger charge is 2.39. The Hall–Kier alpha value is -3.19. The summed E-state index contributed by atoms with van der Waals surface area (Å²) in [7, 11) is 0. The number of piperidine rings is 1. The molecule has 4 amide bonds. The first-order chi connectivity index (χ1) is 15.6. The van der Waals surface area contributed by atoms with E-state index in [1.807, 2.05) is 48.5 Å². The number of nitrogens with zero attached hydrogens (tertiary/aromatic N) is 2.